The van der Waals surface area contributed by atoms with Crippen molar-refractivity contribution in [3.05, 3.63) is 102 Å². The zero-order chi connectivity index (χ0) is 21.5. The molecule has 2 atom stereocenters. The second kappa shape index (κ2) is 11.5. The highest BCUT2D eigenvalue weighted by Crippen LogP contribution is 2.43. The summed E-state index contributed by atoms with van der Waals surface area (Å²) in [4.78, 5) is 2.49. The summed E-state index contributed by atoms with van der Waals surface area (Å²) in [7, 11) is 1.68. The fourth-order valence-electron chi connectivity index (χ4n) is 4.92. The molecule has 3 nitrogen and oxygen atoms in total. The van der Waals surface area contributed by atoms with Crippen molar-refractivity contribution in [2.75, 3.05) is 13.7 Å². The van der Waals surface area contributed by atoms with E-state index in [9.17, 15) is 5.11 Å². The second-order valence-electron chi connectivity index (χ2n) is 8.74. The van der Waals surface area contributed by atoms with Crippen molar-refractivity contribution in [1.82, 2.24) is 4.90 Å². The van der Waals surface area contributed by atoms with Crippen molar-refractivity contribution in [3.63, 3.8) is 0 Å². The number of ether oxygens (including phenoxy) is 1. The number of aliphatic hydroxyl groups is 1. The van der Waals surface area contributed by atoms with Gasteiger partial charge >= 0.3 is 0 Å². The van der Waals surface area contributed by atoms with Crippen molar-refractivity contribution in [1.29, 1.82) is 0 Å². The number of hydrogen-bond donors (Lipinski definition) is 1. The van der Waals surface area contributed by atoms with Crippen molar-refractivity contribution < 1.29 is 9.84 Å². The van der Waals surface area contributed by atoms with Crippen LogP contribution in [0.25, 0.3) is 0 Å². The number of methoxy groups -OCH3 is 1. The Morgan fingerprint density at radius 2 is 1.50 bits per heavy atom. The third-order valence-corrected chi connectivity index (χ3v) is 6.58. The van der Waals surface area contributed by atoms with Gasteiger partial charge in [0.05, 0.1) is 12.7 Å². The van der Waals surface area contributed by atoms with Gasteiger partial charge in [0, 0.05) is 25.6 Å². The molecule has 0 amide bonds. The van der Waals surface area contributed by atoms with Crippen LogP contribution < -0.4 is 4.74 Å². The van der Waals surface area contributed by atoms with Crippen LogP contribution >= 0.6 is 12.4 Å². The summed E-state index contributed by atoms with van der Waals surface area (Å²) in [6, 6.07) is 29.3. The Morgan fingerprint density at radius 3 is 2.09 bits per heavy atom. The molecule has 3 aromatic carbocycles. The largest absolute Gasteiger partial charge is 0.497 e. The lowest BCUT2D eigenvalue weighted by Gasteiger charge is -2.43. The van der Waals surface area contributed by atoms with Crippen LogP contribution in [0, 0.1) is 5.92 Å². The zero-order valence-corrected chi connectivity index (χ0v) is 19.6. The molecule has 2 unspecified atom stereocenters. The Balaban J connectivity index is 0.00000289. The minimum atomic E-state index is -0.821. The third-order valence-electron chi connectivity index (χ3n) is 6.58. The third kappa shape index (κ3) is 5.92. The number of benzene rings is 3. The zero-order valence-electron chi connectivity index (χ0n) is 18.8. The number of halogens is 1. The number of hydrogen-bond acceptors (Lipinski definition) is 3. The van der Waals surface area contributed by atoms with Gasteiger partial charge in [0.2, 0.25) is 0 Å². The van der Waals surface area contributed by atoms with Crippen LogP contribution in [0.5, 0.6) is 5.75 Å². The van der Waals surface area contributed by atoms with Crippen LogP contribution in [0.1, 0.15) is 42.4 Å². The average molecular weight is 452 g/mol. The molecule has 32 heavy (non-hydrogen) atoms. The topological polar surface area (TPSA) is 32.7 Å². The monoisotopic (exact) mass is 451 g/mol. The molecule has 4 heteroatoms. The summed E-state index contributed by atoms with van der Waals surface area (Å²) >= 11 is 0. The first-order valence-corrected chi connectivity index (χ1v) is 11.3. The van der Waals surface area contributed by atoms with E-state index in [1.165, 1.54) is 17.5 Å². The van der Waals surface area contributed by atoms with Gasteiger partial charge in [0.15, 0.2) is 0 Å². The molecule has 1 fully saturated rings. The van der Waals surface area contributed by atoms with Crippen LogP contribution in [0.15, 0.2) is 84.9 Å². The highest BCUT2D eigenvalue weighted by molar-refractivity contribution is 5.85. The lowest BCUT2D eigenvalue weighted by atomic mass is 9.71. The van der Waals surface area contributed by atoms with Crippen LogP contribution in [-0.4, -0.2) is 23.7 Å². The molecule has 4 rings (SSSR count). The Labute approximate surface area is 198 Å². The molecule has 1 aliphatic rings. The van der Waals surface area contributed by atoms with Crippen LogP contribution in [0.4, 0.5) is 0 Å². The van der Waals surface area contributed by atoms with Gasteiger partial charge in [0.1, 0.15) is 5.75 Å². The predicted molar refractivity (Wildman–Crippen MR) is 133 cm³/mol. The Kier molecular flexibility index (Phi) is 8.75. The van der Waals surface area contributed by atoms with Crippen LogP contribution in [0.2, 0.25) is 0 Å². The molecule has 1 N–H and O–H groups in total. The van der Waals surface area contributed by atoms with Gasteiger partial charge in [-0.3, -0.25) is 4.90 Å². The first-order valence-electron chi connectivity index (χ1n) is 11.3. The molecule has 1 saturated carbocycles. The van der Waals surface area contributed by atoms with Gasteiger partial charge < -0.3 is 9.84 Å². The minimum absolute atomic E-state index is 0. The lowest BCUT2D eigenvalue weighted by molar-refractivity contribution is -0.0674. The first-order chi connectivity index (χ1) is 15.2. The minimum Gasteiger partial charge on any atom is -0.497 e. The van der Waals surface area contributed by atoms with E-state index in [0.29, 0.717) is 0 Å². The Morgan fingerprint density at radius 1 is 0.875 bits per heavy atom. The van der Waals surface area contributed by atoms with Gasteiger partial charge in [0.25, 0.3) is 0 Å². The summed E-state index contributed by atoms with van der Waals surface area (Å²) in [6.45, 7) is 2.61. The fourth-order valence-corrected chi connectivity index (χ4v) is 4.92. The van der Waals surface area contributed by atoms with Crippen molar-refractivity contribution in [2.45, 2.75) is 44.4 Å². The summed E-state index contributed by atoms with van der Waals surface area (Å²) in [6.07, 6.45) is 4.06. The molecule has 0 saturated heterocycles. The van der Waals surface area contributed by atoms with E-state index < -0.39 is 5.60 Å². The second-order valence-corrected chi connectivity index (χ2v) is 8.74. The number of rotatable bonds is 8. The van der Waals surface area contributed by atoms with E-state index in [2.05, 4.69) is 71.6 Å². The molecule has 170 valence electrons. The average Bonchev–Trinajstić information content (AvgIpc) is 2.82. The molecule has 3 aromatic rings. The fraction of sp³-hybridized carbons (Fsp3) is 0.357. The number of nitrogens with zero attached hydrogens (tertiary/aromatic N) is 1. The maximum Gasteiger partial charge on any atom is 0.119 e. The van der Waals surface area contributed by atoms with Gasteiger partial charge in [-0.15, -0.1) is 12.4 Å². The summed E-state index contributed by atoms with van der Waals surface area (Å²) in [5.74, 6) is 0.987. The molecule has 1 aliphatic carbocycles. The molecule has 0 heterocycles. The van der Waals surface area contributed by atoms with E-state index in [1.54, 1.807) is 7.11 Å². The molecule has 0 spiro atoms. The highest BCUT2D eigenvalue weighted by atomic mass is 35.5. The molecular formula is C28H34ClNO2. The van der Waals surface area contributed by atoms with E-state index in [4.69, 9.17) is 4.74 Å². The summed E-state index contributed by atoms with van der Waals surface area (Å²) in [5, 5.41) is 11.9. The van der Waals surface area contributed by atoms with Gasteiger partial charge in [-0.2, -0.15) is 0 Å². The van der Waals surface area contributed by atoms with Crippen molar-refractivity contribution in [2.24, 2.45) is 5.92 Å². The SMILES string of the molecule is COc1cccc(C2(O)CCCCC2CN(Cc2ccccc2)Cc2ccccc2)c1.Cl. The normalized spacial score (nSPS) is 20.5. The quantitative estimate of drug-likeness (QED) is 0.442. The molecule has 0 aliphatic heterocycles. The smallest absolute Gasteiger partial charge is 0.119 e. The first kappa shape index (κ1) is 24.3. The molecule has 0 aromatic heterocycles. The highest BCUT2D eigenvalue weighted by Gasteiger charge is 2.41. The van der Waals surface area contributed by atoms with Crippen LogP contribution in [0.3, 0.4) is 0 Å². The molecular weight excluding hydrogens is 418 g/mol. The maximum atomic E-state index is 11.9. The molecule has 0 bridgehead atoms. The van der Waals surface area contributed by atoms with Gasteiger partial charge in [-0.1, -0.05) is 85.6 Å². The van der Waals surface area contributed by atoms with E-state index >= 15 is 0 Å². The summed E-state index contributed by atoms with van der Waals surface area (Å²) in [5.41, 5.74) is 2.77. The Bertz CT molecular complexity index is 908. The van der Waals surface area contributed by atoms with E-state index in [0.717, 1.165) is 50.2 Å². The summed E-state index contributed by atoms with van der Waals surface area (Å²) < 4.78 is 5.44. The van der Waals surface area contributed by atoms with Gasteiger partial charge in [-0.05, 0) is 41.7 Å². The van der Waals surface area contributed by atoms with Gasteiger partial charge in [-0.25, -0.2) is 0 Å². The Hall–Kier alpha value is -2.33. The van der Waals surface area contributed by atoms with E-state index in [-0.39, 0.29) is 18.3 Å². The lowest BCUT2D eigenvalue weighted by Crippen LogP contribution is -2.44. The van der Waals surface area contributed by atoms with Crippen molar-refractivity contribution in [3.8, 4) is 5.75 Å². The maximum absolute atomic E-state index is 11.9. The van der Waals surface area contributed by atoms with E-state index in [1.807, 2.05) is 18.2 Å². The predicted octanol–water partition coefficient (Wildman–Crippen LogP) is 6.20. The van der Waals surface area contributed by atoms with Crippen LogP contribution in [-0.2, 0) is 18.7 Å². The standard InChI is InChI=1S/C28H33NO2.ClH/c1-31-27-17-10-16-25(19-27)28(30)18-9-8-15-26(28)22-29(20-23-11-4-2-5-12-23)21-24-13-6-3-7-14-24;/h2-7,10-14,16-17,19,26,30H,8-9,15,18,20-22H2,1H3;1H. The van der Waals surface area contributed by atoms with Crippen molar-refractivity contribution >= 4 is 12.4 Å². The molecule has 0 radical (unpaired) electrons.